The number of phenols is 1. The molecule has 5 nitrogen and oxygen atoms in total. The van der Waals surface area contributed by atoms with E-state index >= 15 is 0 Å². The Morgan fingerprint density at radius 1 is 1.33 bits per heavy atom. The average Bonchev–Trinajstić information content (AvgIpc) is 2.18. The second kappa shape index (κ2) is 4.45. The molecule has 0 unspecified atom stereocenters. The standard InChI is InChI=1S/C10H12N2O3/c1-6(9(11)14)12-10(15)7-2-4-8(13)5-3-7/h2-6,13H,1H3,(H2,11,14)(H,12,15)/t6-/m1/s1. The minimum absolute atomic E-state index is 0.0782. The van der Waals surface area contributed by atoms with Crippen molar-refractivity contribution in [3.8, 4) is 5.75 Å². The van der Waals surface area contributed by atoms with Crippen molar-refractivity contribution in [2.24, 2.45) is 5.73 Å². The molecule has 1 rings (SSSR count). The number of carbonyl (C=O) groups is 2. The molecule has 0 saturated carbocycles. The predicted octanol–water partition coefficient (Wildman–Crippen LogP) is -0.00420. The van der Waals surface area contributed by atoms with Gasteiger partial charge in [0.2, 0.25) is 5.91 Å². The quantitative estimate of drug-likeness (QED) is 0.652. The van der Waals surface area contributed by atoms with Crippen LogP contribution in [0.4, 0.5) is 0 Å². The first-order valence-electron chi connectivity index (χ1n) is 4.40. The molecule has 0 aliphatic heterocycles. The van der Waals surface area contributed by atoms with Gasteiger partial charge in [0.15, 0.2) is 0 Å². The summed E-state index contributed by atoms with van der Waals surface area (Å²) < 4.78 is 0. The number of rotatable bonds is 3. The van der Waals surface area contributed by atoms with Crippen LogP contribution >= 0.6 is 0 Å². The molecule has 15 heavy (non-hydrogen) atoms. The summed E-state index contributed by atoms with van der Waals surface area (Å²) in [6, 6.07) is 4.98. The Hall–Kier alpha value is -2.04. The van der Waals surface area contributed by atoms with Crippen molar-refractivity contribution in [1.82, 2.24) is 5.32 Å². The first kappa shape index (κ1) is 11.0. The molecule has 0 saturated heterocycles. The Bertz CT molecular complexity index is 373. The zero-order valence-electron chi connectivity index (χ0n) is 8.23. The zero-order valence-corrected chi connectivity index (χ0v) is 8.23. The third-order valence-corrected chi connectivity index (χ3v) is 1.90. The van der Waals surface area contributed by atoms with Gasteiger partial charge in [0.05, 0.1) is 0 Å². The van der Waals surface area contributed by atoms with Crippen LogP contribution in [-0.4, -0.2) is 23.0 Å². The summed E-state index contributed by atoms with van der Waals surface area (Å²) in [5.41, 5.74) is 5.35. The van der Waals surface area contributed by atoms with Crippen LogP contribution in [0.1, 0.15) is 17.3 Å². The van der Waals surface area contributed by atoms with Gasteiger partial charge in [-0.15, -0.1) is 0 Å². The highest BCUT2D eigenvalue weighted by atomic mass is 16.3. The first-order valence-corrected chi connectivity index (χ1v) is 4.40. The van der Waals surface area contributed by atoms with Crippen LogP contribution in [0, 0.1) is 0 Å². The molecule has 2 amide bonds. The van der Waals surface area contributed by atoms with Crippen molar-refractivity contribution >= 4 is 11.8 Å². The van der Waals surface area contributed by atoms with Crippen molar-refractivity contribution in [3.63, 3.8) is 0 Å². The van der Waals surface area contributed by atoms with E-state index in [9.17, 15) is 9.59 Å². The number of primary amides is 1. The van der Waals surface area contributed by atoms with E-state index in [1.54, 1.807) is 0 Å². The number of carbonyl (C=O) groups excluding carboxylic acids is 2. The Labute approximate surface area is 86.9 Å². The molecule has 0 radical (unpaired) electrons. The van der Waals surface area contributed by atoms with Gasteiger partial charge in [-0.1, -0.05) is 0 Å². The maximum Gasteiger partial charge on any atom is 0.251 e. The minimum atomic E-state index is -0.716. The predicted molar refractivity (Wildman–Crippen MR) is 54.2 cm³/mol. The number of phenolic OH excluding ortho intramolecular Hbond substituents is 1. The summed E-state index contributed by atoms with van der Waals surface area (Å²) in [6.45, 7) is 1.50. The number of amides is 2. The maximum atomic E-state index is 11.5. The molecular formula is C10H12N2O3. The van der Waals surface area contributed by atoms with Gasteiger partial charge < -0.3 is 16.2 Å². The molecule has 0 spiro atoms. The molecule has 1 atom stereocenters. The monoisotopic (exact) mass is 208 g/mol. The fourth-order valence-electron chi connectivity index (χ4n) is 0.964. The summed E-state index contributed by atoms with van der Waals surface area (Å²) in [4.78, 5) is 22.2. The second-order valence-electron chi connectivity index (χ2n) is 3.14. The van der Waals surface area contributed by atoms with Crippen molar-refractivity contribution in [3.05, 3.63) is 29.8 Å². The lowest BCUT2D eigenvalue weighted by Gasteiger charge is -2.09. The third-order valence-electron chi connectivity index (χ3n) is 1.90. The number of aromatic hydroxyl groups is 1. The number of benzene rings is 1. The molecule has 0 aromatic heterocycles. The lowest BCUT2D eigenvalue weighted by atomic mass is 10.2. The summed E-state index contributed by atoms with van der Waals surface area (Å²) in [6.07, 6.45) is 0. The normalized spacial score (nSPS) is 11.8. The van der Waals surface area contributed by atoms with Crippen LogP contribution in [-0.2, 0) is 4.79 Å². The molecule has 1 aromatic carbocycles. The number of nitrogens with one attached hydrogen (secondary N) is 1. The SMILES string of the molecule is C[C@@H](NC(=O)c1ccc(O)cc1)C(N)=O. The summed E-state index contributed by atoms with van der Waals surface area (Å²) in [5, 5.41) is 11.4. The molecule has 0 fully saturated rings. The molecule has 0 bridgehead atoms. The van der Waals surface area contributed by atoms with Crippen molar-refractivity contribution in [2.75, 3.05) is 0 Å². The number of nitrogens with two attached hydrogens (primary N) is 1. The fourth-order valence-corrected chi connectivity index (χ4v) is 0.964. The van der Waals surface area contributed by atoms with Crippen LogP contribution in [0.3, 0.4) is 0 Å². The van der Waals surface area contributed by atoms with Gasteiger partial charge >= 0.3 is 0 Å². The summed E-state index contributed by atoms with van der Waals surface area (Å²) in [7, 11) is 0. The van der Waals surface area contributed by atoms with Crippen LogP contribution in [0.25, 0.3) is 0 Å². The van der Waals surface area contributed by atoms with Gasteiger partial charge in [-0.25, -0.2) is 0 Å². The van der Waals surface area contributed by atoms with Crippen molar-refractivity contribution in [2.45, 2.75) is 13.0 Å². The van der Waals surface area contributed by atoms with Crippen molar-refractivity contribution < 1.29 is 14.7 Å². The van der Waals surface area contributed by atoms with E-state index in [2.05, 4.69) is 5.32 Å². The third kappa shape index (κ3) is 2.98. The topological polar surface area (TPSA) is 92.4 Å². The summed E-state index contributed by atoms with van der Waals surface area (Å²) in [5.74, 6) is -0.919. The van der Waals surface area contributed by atoms with E-state index in [0.717, 1.165) is 0 Å². The largest absolute Gasteiger partial charge is 0.508 e. The van der Waals surface area contributed by atoms with E-state index in [0.29, 0.717) is 5.56 Å². The van der Waals surface area contributed by atoms with E-state index in [-0.39, 0.29) is 5.75 Å². The molecule has 0 aliphatic carbocycles. The van der Waals surface area contributed by atoms with E-state index in [1.807, 2.05) is 0 Å². The molecule has 80 valence electrons. The number of hydrogen-bond acceptors (Lipinski definition) is 3. The van der Waals surface area contributed by atoms with Gasteiger partial charge in [0, 0.05) is 5.56 Å². The summed E-state index contributed by atoms with van der Waals surface area (Å²) >= 11 is 0. The van der Waals surface area contributed by atoms with Crippen LogP contribution < -0.4 is 11.1 Å². The molecule has 1 aromatic rings. The molecule has 4 N–H and O–H groups in total. The minimum Gasteiger partial charge on any atom is -0.508 e. The zero-order chi connectivity index (χ0) is 11.4. The van der Waals surface area contributed by atoms with E-state index in [4.69, 9.17) is 10.8 Å². The van der Waals surface area contributed by atoms with Crippen molar-refractivity contribution in [1.29, 1.82) is 0 Å². The van der Waals surface area contributed by atoms with Gasteiger partial charge in [-0.3, -0.25) is 9.59 Å². The van der Waals surface area contributed by atoms with Gasteiger partial charge in [0.25, 0.3) is 5.91 Å². The Balaban J connectivity index is 2.69. The average molecular weight is 208 g/mol. The molecule has 0 heterocycles. The van der Waals surface area contributed by atoms with Gasteiger partial charge in [-0.2, -0.15) is 0 Å². The highest BCUT2D eigenvalue weighted by Crippen LogP contribution is 2.09. The Morgan fingerprint density at radius 2 is 1.87 bits per heavy atom. The maximum absolute atomic E-state index is 11.5. The molecule has 5 heteroatoms. The van der Waals surface area contributed by atoms with E-state index in [1.165, 1.54) is 31.2 Å². The molecular weight excluding hydrogens is 196 g/mol. The van der Waals surface area contributed by atoms with E-state index < -0.39 is 17.9 Å². The Kier molecular flexibility index (Phi) is 3.28. The van der Waals surface area contributed by atoms with Gasteiger partial charge in [0.1, 0.15) is 11.8 Å². The van der Waals surface area contributed by atoms with Gasteiger partial charge in [-0.05, 0) is 31.2 Å². The highest BCUT2D eigenvalue weighted by Gasteiger charge is 2.13. The smallest absolute Gasteiger partial charge is 0.251 e. The molecule has 0 aliphatic rings. The highest BCUT2D eigenvalue weighted by molar-refractivity contribution is 5.97. The lowest BCUT2D eigenvalue weighted by molar-refractivity contribution is -0.119. The number of hydrogen-bond donors (Lipinski definition) is 3. The van der Waals surface area contributed by atoms with Crippen LogP contribution in [0.15, 0.2) is 24.3 Å². The second-order valence-corrected chi connectivity index (χ2v) is 3.14. The van der Waals surface area contributed by atoms with Crippen LogP contribution in [0.5, 0.6) is 5.75 Å². The Morgan fingerprint density at radius 3 is 2.33 bits per heavy atom. The van der Waals surface area contributed by atoms with Crippen LogP contribution in [0.2, 0.25) is 0 Å². The lowest BCUT2D eigenvalue weighted by Crippen LogP contribution is -2.42. The first-order chi connectivity index (χ1) is 7.00. The fraction of sp³-hybridized carbons (Fsp3) is 0.200.